The summed E-state index contributed by atoms with van der Waals surface area (Å²) in [4.78, 5) is 17.2. The van der Waals surface area contributed by atoms with Crippen LogP contribution in [0.3, 0.4) is 0 Å². The second-order valence-electron chi connectivity index (χ2n) is 6.46. The Morgan fingerprint density at radius 1 is 1.07 bits per heavy atom. The van der Waals surface area contributed by atoms with E-state index in [1.807, 2.05) is 24.3 Å². The average molecular weight is 427 g/mol. The van der Waals surface area contributed by atoms with Gasteiger partial charge in [0, 0.05) is 5.02 Å². The van der Waals surface area contributed by atoms with Crippen LogP contribution in [0.25, 0.3) is 5.70 Å². The van der Waals surface area contributed by atoms with E-state index in [1.165, 1.54) is 13.4 Å². The molecule has 1 atom stereocenters. The summed E-state index contributed by atoms with van der Waals surface area (Å²) in [6, 6.07) is 12.0. The number of nitrogens with one attached hydrogen (secondary N) is 1. The van der Waals surface area contributed by atoms with Crippen LogP contribution in [0.5, 0.6) is 11.5 Å². The minimum absolute atomic E-state index is 0.380. The van der Waals surface area contributed by atoms with Crippen LogP contribution in [-0.4, -0.2) is 42.1 Å². The molecule has 0 unspecified atom stereocenters. The van der Waals surface area contributed by atoms with Crippen molar-refractivity contribution in [1.82, 2.24) is 14.8 Å². The van der Waals surface area contributed by atoms with Crippen LogP contribution in [0.15, 0.2) is 54.4 Å². The summed E-state index contributed by atoms with van der Waals surface area (Å²) in [6.45, 7) is 0. The molecule has 30 heavy (non-hydrogen) atoms. The molecule has 0 bridgehead atoms. The van der Waals surface area contributed by atoms with Crippen LogP contribution < -0.4 is 14.8 Å². The molecule has 0 spiro atoms. The van der Waals surface area contributed by atoms with Crippen LogP contribution in [0.1, 0.15) is 17.2 Å². The molecule has 0 amide bonds. The summed E-state index contributed by atoms with van der Waals surface area (Å²) in [5.74, 6) is 1.11. The Labute approximate surface area is 178 Å². The highest BCUT2D eigenvalue weighted by Crippen LogP contribution is 2.41. The Balaban J connectivity index is 1.96. The van der Waals surface area contributed by atoms with Gasteiger partial charge in [-0.3, -0.25) is 0 Å². The van der Waals surface area contributed by atoms with E-state index in [-0.39, 0.29) is 0 Å². The van der Waals surface area contributed by atoms with E-state index in [0.29, 0.717) is 33.7 Å². The van der Waals surface area contributed by atoms with E-state index in [2.05, 4.69) is 15.4 Å². The topological polar surface area (TPSA) is 87.5 Å². The molecule has 9 heteroatoms. The molecule has 0 aliphatic carbocycles. The number of hydrogen-bond donors (Lipinski definition) is 1. The Kier molecular flexibility index (Phi) is 5.33. The van der Waals surface area contributed by atoms with E-state index >= 15 is 0 Å². The van der Waals surface area contributed by atoms with Gasteiger partial charge in [-0.05, 0) is 35.4 Å². The fourth-order valence-electron chi connectivity index (χ4n) is 3.47. The standard InChI is InChI=1S/C21H19ClN4O4/c1-28-15-9-6-13(10-16(15)29-2)19-17(20(27)30-3)18(12-4-7-14(22)8-5-12)25-21-23-11-24-26(19)21/h4-11,19H,1-3H3,(H,23,24,25)/t19-/m1/s1. The van der Waals surface area contributed by atoms with E-state index in [1.54, 1.807) is 37.1 Å². The summed E-state index contributed by atoms with van der Waals surface area (Å²) >= 11 is 6.05. The second kappa shape index (κ2) is 8.08. The number of methoxy groups -OCH3 is 3. The van der Waals surface area contributed by atoms with Crippen LogP contribution in [-0.2, 0) is 9.53 Å². The lowest BCUT2D eigenvalue weighted by Gasteiger charge is -2.29. The zero-order valence-electron chi connectivity index (χ0n) is 16.5. The number of nitrogens with zero attached hydrogens (tertiary/aromatic N) is 3. The van der Waals surface area contributed by atoms with Crippen molar-refractivity contribution in [3.05, 3.63) is 70.5 Å². The molecule has 1 aromatic heterocycles. The number of esters is 1. The molecule has 0 saturated heterocycles. The number of halogens is 1. The lowest BCUT2D eigenvalue weighted by molar-refractivity contribution is -0.136. The van der Waals surface area contributed by atoms with Crippen molar-refractivity contribution in [2.75, 3.05) is 26.6 Å². The summed E-state index contributed by atoms with van der Waals surface area (Å²) in [7, 11) is 4.47. The van der Waals surface area contributed by atoms with Gasteiger partial charge in [-0.15, -0.1) is 0 Å². The predicted octanol–water partition coefficient (Wildman–Crippen LogP) is 3.55. The minimum atomic E-state index is -0.596. The first kappa shape index (κ1) is 19.8. The number of hydrogen-bond acceptors (Lipinski definition) is 7. The van der Waals surface area contributed by atoms with Gasteiger partial charge in [-0.2, -0.15) is 10.1 Å². The molecule has 0 saturated carbocycles. The van der Waals surface area contributed by atoms with Crippen molar-refractivity contribution < 1.29 is 19.0 Å². The van der Waals surface area contributed by atoms with E-state index < -0.39 is 12.0 Å². The number of carbonyl (C=O) groups excluding carboxylic acids is 1. The smallest absolute Gasteiger partial charge is 0.338 e. The molecule has 1 aliphatic heterocycles. The first-order chi connectivity index (χ1) is 14.6. The highest BCUT2D eigenvalue weighted by molar-refractivity contribution is 6.30. The maximum Gasteiger partial charge on any atom is 0.338 e. The van der Waals surface area contributed by atoms with Crippen molar-refractivity contribution >= 4 is 29.2 Å². The SMILES string of the molecule is COC(=O)C1=C(c2ccc(Cl)cc2)Nc2ncnn2[C@@H]1c1ccc(OC)c(OC)c1. The molecule has 2 heterocycles. The van der Waals surface area contributed by atoms with Crippen molar-refractivity contribution in [2.45, 2.75) is 6.04 Å². The lowest BCUT2D eigenvalue weighted by atomic mass is 9.92. The van der Waals surface area contributed by atoms with Crippen LogP contribution in [0.4, 0.5) is 5.95 Å². The number of ether oxygens (including phenoxy) is 3. The molecule has 154 valence electrons. The van der Waals surface area contributed by atoms with Gasteiger partial charge in [-0.25, -0.2) is 9.48 Å². The van der Waals surface area contributed by atoms with E-state index in [4.69, 9.17) is 25.8 Å². The van der Waals surface area contributed by atoms with Crippen LogP contribution in [0, 0.1) is 0 Å². The summed E-state index contributed by atoms with van der Waals surface area (Å²) in [5.41, 5.74) is 2.47. The molecule has 0 fully saturated rings. The number of carbonyl (C=O) groups is 1. The summed E-state index contributed by atoms with van der Waals surface area (Å²) in [6.07, 6.45) is 1.43. The Morgan fingerprint density at radius 2 is 1.80 bits per heavy atom. The molecule has 8 nitrogen and oxygen atoms in total. The molecule has 2 aromatic carbocycles. The summed E-state index contributed by atoms with van der Waals surface area (Å²) in [5, 5.41) is 8.12. The predicted molar refractivity (Wildman–Crippen MR) is 112 cm³/mol. The van der Waals surface area contributed by atoms with Gasteiger partial charge in [-0.1, -0.05) is 29.8 Å². The van der Waals surface area contributed by atoms with Crippen LogP contribution in [0.2, 0.25) is 5.02 Å². The fraction of sp³-hybridized carbons (Fsp3) is 0.190. The third kappa shape index (κ3) is 3.35. The van der Waals surface area contributed by atoms with Crippen molar-refractivity contribution in [3.8, 4) is 11.5 Å². The molecule has 1 N–H and O–H groups in total. The number of aromatic nitrogens is 3. The van der Waals surface area contributed by atoms with Gasteiger partial charge in [0.05, 0.1) is 32.6 Å². The van der Waals surface area contributed by atoms with Crippen molar-refractivity contribution in [1.29, 1.82) is 0 Å². The average Bonchev–Trinajstić information content (AvgIpc) is 3.25. The highest BCUT2D eigenvalue weighted by Gasteiger charge is 2.36. The third-order valence-electron chi connectivity index (χ3n) is 4.86. The molecule has 1 aliphatic rings. The van der Waals surface area contributed by atoms with E-state index in [9.17, 15) is 4.79 Å². The highest BCUT2D eigenvalue weighted by atomic mass is 35.5. The lowest BCUT2D eigenvalue weighted by Crippen LogP contribution is -2.29. The number of fused-ring (bicyclic) bond motifs is 1. The van der Waals surface area contributed by atoms with E-state index in [0.717, 1.165) is 11.1 Å². The molecule has 0 radical (unpaired) electrons. The Hall–Kier alpha value is -3.52. The Morgan fingerprint density at radius 3 is 2.47 bits per heavy atom. The van der Waals surface area contributed by atoms with Crippen molar-refractivity contribution in [3.63, 3.8) is 0 Å². The van der Waals surface area contributed by atoms with Gasteiger partial charge < -0.3 is 19.5 Å². The quantitative estimate of drug-likeness (QED) is 0.624. The zero-order valence-corrected chi connectivity index (χ0v) is 17.3. The summed E-state index contributed by atoms with van der Waals surface area (Å²) < 4.78 is 17.6. The third-order valence-corrected chi connectivity index (χ3v) is 5.11. The maximum absolute atomic E-state index is 12.9. The normalized spacial score (nSPS) is 15.3. The first-order valence-electron chi connectivity index (χ1n) is 9.04. The minimum Gasteiger partial charge on any atom is -0.493 e. The zero-order chi connectivity index (χ0) is 21.3. The monoisotopic (exact) mass is 426 g/mol. The number of rotatable bonds is 5. The maximum atomic E-state index is 12.9. The molecular formula is C21H19ClN4O4. The van der Waals surface area contributed by atoms with Gasteiger partial charge in [0.1, 0.15) is 12.4 Å². The molecule has 4 rings (SSSR count). The van der Waals surface area contributed by atoms with Crippen LogP contribution >= 0.6 is 11.6 Å². The van der Waals surface area contributed by atoms with Gasteiger partial charge >= 0.3 is 5.97 Å². The van der Waals surface area contributed by atoms with Gasteiger partial charge in [0.15, 0.2) is 11.5 Å². The van der Waals surface area contributed by atoms with Gasteiger partial charge in [0.25, 0.3) is 0 Å². The molecule has 3 aromatic rings. The number of benzene rings is 2. The largest absolute Gasteiger partial charge is 0.493 e. The number of anilines is 1. The first-order valence-corrected chi connectivity index (χ1v) is 9.42. The Bertz CT molecular complexity index is 1120. The second-order valence-corrected chi connectivity index (χ2v) is 6.89. The van der Waals surface area contributed by atoms with Gasteiger partial charge in [0.2, 0.25) is 5.95 Å². The molecular weight excluding hydrogens is 408 g/mol. The van der Waals surface area contributed by atoms with Crippen molar-refractivity contribution in [2.24, 2.45) is 0 Å². The fourth-order valence-corrected chi connectivity index (χ4v) is 3.59.